The molecule has 1 heterocycles. The summed E-state index contributed by atoms with van der Waals surface area (Å²) in [6.07, 6.45) is 2.28. The van der Waals surface area contributed by atoms with Crippen LogP contribution in [0.5, 0.6) is 0 Å². The Kier molecular flexibility index (Phi) is 3.53. The average molecular weight is 230 g/mol. The predicted molar refractivity (Wildman–Crippen MR) is 74.3 cm³/mol. The summed E-state index contributed by atoms with van der Waals surface area (Å²) in [6, 6.07) is 7.24. The van der Waals surface area contributed by atoms with Gasteiger partial charge < -0.3 is 9.88 Å². The van der Waals surface area contributed by atoms with Crippen LogP contribution in [0.1, 0.15) is 31.9 Å². The van der Waals surface area contributed by atoms with Gasteiger partial charge in [0.15, 0.2) is 0 Å². The highest BCUT2D eigenvalue weighted by atomic mass is 15.0. The maximum absolute atomic E-state index is 3.49. The van der Waals surface area contributed by atoms with Gasteiger partial charge in [0.2, 0.25) is 0 Å². The maximum Gasteiger partial charge on any atom is 0.0486 e. The molecule has 0 aliphatic carbocycles. The van der Waals surface area contributed by atoms with E-state index in [4.69, 9.17) is 0 Å². The molecule has 0 bridgehead atoms. The number of benzene rings is 1. The van der Waals surface area contributed by atoms with Crippen molar-refractivity contribution in [3.05, 3.63) is 35.5 Å². The first kappa shape index (κ1) is 12.2. The Bertz CT molecular complexity index is 509. The molecule has 1 N–H and O–H groups in total. The fraction of sp³-hybridized carbons (Fsp3) is 0.467. The second-order valence-electron chi connectivity index (χ2n) is 5.00. The Morgan fingerprint density at radius 3 is 2.71 bits per heavy atom. The van der Waals surface area contributed by atoms with Gasteiger partial charge in [-0.3, -0.25) is 0 Å². The fourth-order valence-corrected chi connectivity index (χ4v) is 2.19. The van der Waals surface area contributed by atoms with Crippen molar-refractivity contribution in [2.75, 3.05) is 0 Å². The van der Waals surface area contributed by atoms with Crippen molar-refractivity contribution in [3.63, 3.8) is 0 Å². The minimum Gasteiger partial charge on any atom is -0.347 e. The molecule has 0 unspecified atom stereocenters. The van der Waals surface area contributed by atoms with Crippen molar-refractivity contribution in [2.45, 2.75) is 46.8 Å². The molecule has 2 heteroatoms. The van der Waals surface area contributed by atoms with Gasteiger partial charge in [0, 0.05) is 36.2 Å². The van der Waals surface area contributed by atoms with Gasteiger partial charge in [-0.1, -0.05) is 26.0 Å². The Morgan fingerprint density at radius 1 is 1.29 bits per heavy atom. The van der Waals surface area contributed by atoms with Crippen molar-refractivity contribution in [1.82, 2.24) is 9.88 Å². The zero-order valence-corrected chi connectivity index (χ0v) is 11.2. The van der Waals surface area contributed by atoms with E-state index < -0.39 is 0 Å². The monoisotopic (exact) mass is 230 g/mol. The molecule has 0 amide bonds. The summed E-state index contributed by atoms with van der Waals surface area (Å²) in [5, 5.41) is 4.87. The van der Waals surface area contributed by atoms with E-state index in [0.717, 1.165) is 13.1 Å². The molecule has 1 aromatic heterocycles. The van der Waals surface area contributed by atoms with Crippen LogP contribution in [-0.2, 0) is 13.1 Å². The third-order valence-corrected chi connectivity index (χ3v) is 3.16. The summed E-state index contributed by atoms with van der Waals surface area (Å²) in [7, 11) is 0. The topological polar surface area (TPSA) is 17.0 Å². The highest BCUT2D eigenvalue weighted by molar-refractivity contribution is 5.84. The summed E-state index contributed by atoms with van der Waals surface area (Å²) >= 11 is 0. The molecular weight excluding hydrogens is 208 g/mol. The predicted octanol–water partition coefficient (Wildman–Crippen LogP) is 3.47. The van der Waals surface area contributed by atoms with Gasteiger partial charge >= 0.3 is 0 Å². The molecule has 0 atom stereocenters. The fourth-order valence-electron chi connectivity index (χ4n) is 2.19. The molecule has 0 aliphatic rings. The van der Waals surface area contributed by atoms with Crippen LogP contribution in [0.4, 0.5) is 0 Å². The molecule has 1 aromatic carbocycles. The summed E-state index contributed by atoms with van der Waals surface area (Å²) < 4.78 is 2.33. The summed E-state index contributed by atoms with van der Waals surface area (Å²) in [4.78, 5) is 0. The quantitative estimate of drug-likeness (QED) is 0.851. The molecule has 2 rings (SSSR count). The van der Waals surface area contributed by atoms with Gasteiger partial charge in [-0.2, -0.15) is 0 Å². The van der Waals surface area contributed by atoms with Crippen LogP contribution in [0, 0.1) is 6.92 Å². The molecule has 2 aromatic rings. The Balaban J connectivity index is 2.42. The molecule has 2 nitrogen and oxygen atoms in total. The van der Waals surface area contributed by atoms with E-state index in [1.807, 2.05) is 0 Å². The summed E-state index contributed by atoms with van der Waals surface area (Å²) in [5.41, 5.74) is 4.08. The number of nitrogens with one attached hydrogen (secondary N) is 1. The highest BCUT2D eigenvalue weighted by Crippen LogP contribution is 2.22. The van der Waals surface area contributed by atoms with Gasteiger partial charge in [-0.05, 0) is 31.0 Å². The van der Waals surface area contributed by atoms with E-state index >= 15 is 0 Å². The van der Waals surface area contributed by atoms with Gasteiger partial charge in [-0.25, -0.2) is 0 Å². The second kappa shape index (κ2) is 4.92. The molecule has 0 saturated carbocycles. The second-order valence-corrected chi connectivity index (χ2v) is 5.00. The van der Waals surface area contributed by atoms with E-state index in [1.165, 1.54) is 22.0 Å². The molecule has 0 radical (unpaired) electrons. The Hall–Kier alpha value is -1.28. The van der Waals surface area contributed by atoms with Crippen molar-refractivity contribution in [2.24, 2.45) is 0 Å². The normalized spacial score (nSPS) is 11.6. The highest BCUT2D eigenvalue weighted by Gasteiger charge is 2.07. The lowest BCUT2D eigenvalue weighted by molar-refractivity contribution is 0.589. The van der Waals surface area contributed by atoms with Gasteiger partial charge in [0.05, 0.1) is 0 Å². The van der Waals surface area contributed by atoms with Gasteiger partial charge in [-0.15, -0.1) is 0 Å². The Morgan fingerprint density at radius 2 is 2.06 bits per heavy atom. The van der Waals surface area contributed by atoms with Crippen molar-refractivity contribution < 1.29 is 0 Å². The zero-order valence-electron chi connectivity index (χ0n) is 11.2. The minimum atomic E-state index is 0.528. The van der Waals surface area contributed by atoms with E-state index in [-0.39, 0.29) is 0 Å². The number of hydrogen-bond donors (Lipinski definition) is 1. The molecule has 0 fully saturated rings. The molecule has 92 valence electrons. The number of nitrogens with zero attached hydrogens (tertiary/aromatic N) is 1. The van der Waals surface area contributed by atoms with E-state index in [2.05, 4.69) is 62.0 Å². The number of hydrogen-bond acceptors (Lipinski definition) is 1. The van der Waals surface area contributed by atoms with Gasteiger partial charge in [0.25, 0.3) is 0 Å². The Labute approximate surface area is 104 Å². The largest absolute Gasteiger partial charge is 0.347 e. The van der Waals surface area contributed by atoms with E-state index in [0.29, 0.717) is 6.04 Å². The molecule has 17 heavy (non-hydrogen) atoms. The van der Waals surface area contributed by atoms with Gasteiger partial charge in [0.1, 0.15) is 0 Å². The van der Waals surface area contributed by atoms with Crippen LogP contribution in [0.25, 0.3) is 10.9 Å². The summed E-state index contributed by atoms with van der Waals surface area (Å²) in [5.74, 6) is 0. The molecular formula is C15H22N2. The smallest absolute Gasteiger partial charge is 0.0486 e. The average Bonchev–Trinajstić information content (AvgIpc) is 2.63. The van der Waals surface area contributed by atoms with Crippen LogP contribution < -0.4 is 5.32 Å². The molecule has 0 aliphatic heterocycles. The molecule has 0 saturated heterocycles. The minimum absolute atomic E-state index is 0.528. The van der Waals surface area contributed by atoms with Crippen LogP contribution in [0.2, 0.25) is 0 Å². The van der Waals surface area contributed by atoms with Crippen LogP contribution >= 0.6 is 0 Å². The SMILES string of the molecule is CCn1cc(CNC(C)C)c2ccc(C)cc21. The lowest BCUT2D eigenvalue weighted by Gasteiger charge is -2.06. The standard InChI is InChI=1S/C15H22N2/c1-5-17-10-13(9-16-11(2)3)14-7-6-12(4)8-15(14)17/h6-8,10-11,16H,5,9H2,1-4H3. The molecule has 0 spiro atoms. The summed E-state index contributed by atoms with van der Waals surface area (Å²) in [6.45, 7) is 10.7. The first-order valence-corrected chi connectivity index (χ1v) is 6.43. The number of aryl methyl sites for hydroxylation is 2. The number of fused-ring (bicyclic) bond motifs is 1. The lowest BCUT2D eigenvalue weighted by Crippen LogP contribution is -2.21. The number of rotatable bonds is 4. The van der Waals surface area contributed by atoms with Crippen LogP contribution in [-0.4, -0.2) is 10.6 Å². The number of aromatic nitrogens is 1. The first-order valence-electron chi connectivity index (χ1n) is 6.43. The third-order valence-electron chi connectivity index (χ3n) is 3.16. The maximum atomic E-state index is 3.49. The van der Waals surface area contributed by atoms with Crippen LogP contribution in [0.3, 0.4) is 0 Å². The van der Waals surface area contributed by atoms with E-state index in [1.54, 1.807) is 0 Å². The zero-order chi connectivity index (χ0) is 12.4. The van der Waals surface area contributed by atoms with E-state index in [9.17, 15) is 0 Å². The first-order chi connectivity index (χ1) is 8.11. The van der Waals surface area contributed by atoms with Crippen molar-refractivity contribution in [3.8, 4) is 0 Å². The van der Waals surface area contributed by atoms with Crippen LogP contribution in [0.15, 0.2) is 24.4 Å². The van der Waals surface area contributed by atoms with Crippen molar-refractivity contribution in [1.29, 1.82) is 0 Å². The third kappa shape index (κ3) is 2.52. The lowest BCUT2D eigenvalue weighted by atomic mass is 10.1. The van der Waals surface area contributed by atoms with Crippen molar-refractivity contribution >= 4 is 10.9 Å².